The number of carbonyl (C=O) groups excluding carboxylic acids is 1. The van der Waals surface area contributed by atoms with Gasteiger partial charge in [-0.25, -0.2) is 9.78 Å². The fraction of sp³-hybridized carbons (Fsp3) is 0.368. The fourth-order valence-electron chi connectivity index (χ4n) is 2.69. The van der Waals surface area contributed by atoms with Crippen molar-refractivity contribution < 1.29 is 9.32 Å². The first-order valence-electron chi connectivity index (χ1n) is 9.00. The van der Waals surface area contributed by atoms with Gasteiger partial charge in [-0.2, -0.15) is 4.98 Å². The number of benzene rings is 1. The molecule has 1 saturated carbocycles. The van der Waals surface area contributed by atoms with Crippen LogP contribution >= 0.6 is 11.3 Å². The summed E-state index contributed by atoms with van der Waals surface area (Å²) in [5, 5.41) is 9.92. The van der Waals surface area contributed by atoms with Crippen LogP contribution in [0.15, 0.2) is 40.2 Å². The van der Waals surface area contributed by atoms with Gasteiger partial charge in [-0.1, -0.05) is 35.5 Å². The molecule has 27 heavy (non-hydrogen) atoms. The molecule has 0 spiro atoms. The summed E-state index contributed by atoms with van der Waals surface area (Å²) >= 11 is 1.61. The van der Waals surface area contributed by atoms with Crippen LogP contribution in [0, 0.1) is 0 Å². The molecule has 0 aliphatic heterocycles. The molecular weight excluding hydrogens is 362 g/mol. The van der Waals surface area contributed by atoms with Crippen LogP contribution < -0.4 is 5.32 Å². The van der Waals surface area contributed by atoms with E-state index in [4.69, 9.17) is 4.52 Å². The Kier molecular flexibility index (Phi) is 5.15. The highest BCUT2D eigenvalue weighted by Crippen LogP contribution is 2.38. The summed E-state index contributed by atoms with van der Waals surface area (Å²) in [7, 11) is 1.72. The van der Waals surface area contributed by atoms with E-state index in [1.807, 2.05) is 35.7 Å². The summed E-state index contributed by atoms with van der Waals surface area (Å²) in [5.41, 5.74) is 2.08. The average molecular weight is 383 g/mol. The second-order valence-corrected chi connectivity index (χ2v) is 7.59. The number of aromatic nitrogens is 3. The van der Waals surface area contributed by atoms with Crippen LogP contribution in [0.2, 0.25) is 0 Å². The van der Waals surface area contributed by atoms with E-state index in [0.29, 0.717) is 31.3 Å². The molecule has 0 saturated heterocycles. The molecule has 140 valence electrons. The normalized spacial score (nSPS) is 13.5. The van der Waals surface area contributed by atoms with Gasteiger partial charge in [0.15, 0.2) is 5.82 Å². The van der Waals surface area contributed by atoms with E-state index in [9.17, 15) is 4.79 Å². The number of nitrogens with zero attached hydrogens (tertiary/aromatic N) is 4. The molecule has 1 N–H and O–H groups in total. The summed E-state index contributed by atoms with van der Waals surface area (Å²) in [6.45, 7) is 0.836. The second-order valence-electron chi connectivity index (χ2n) is 6.65. The highest BCUT2D eigenvalue weighted by atomic mass is 32.1. The molecule has 3 aromatic rings. The van der Waals surface area contributed by atoms with Gasteiger partial charge in [-0.05, 0) is 12.8 Å². The first-order valence-corrected chi connectivity index (χ1v) is 9.88. The van der Waals surface area contributed by atoms with Crippen LogP contribution in [-0.4, -0.2) is 39.6 Å². The Morgan fingerprint density at radius 1 is 1.30 bits per heavy atom. The molecule has 2 amide bonds. The number of rotatable bonds is 7. The van der Waals surface area contributed by atoms with Gasteiger partial charge < -0.3 is 14.7 Å². The van der Waals surface area contributed by atoms with E-state index in [1.165, 1.54) is 0 Å². The monoisotopic (exact) mass is 383 g/mol. The van der Waals surface area contributed by atoms with Gasteiger partial charge in [-0.15, -0.1) is 11.3 Å². The molecule has 0 atom stereocenters. The zero-order chi connectivity index (χ0) is 18.6. The maximum absolute atomic E-state index is 12.2. The minimum Gasteiger partial charge on any atom is -0.338 e. The van der Waals surface area contributed by atoms with Gasteiger partial charge in [0.1, 0.15) is 6.54 Å². The zero-order valence-corrected chi connectivity index (χ0v) is 15.9. The van der Waals surface area contributed by atoms with Crippen molar-refractivity contribution in [2.75, 3.05) is 13.6 Å². The molecule has 1 fully saturated rings. The third-order valence-corrected chi connectivity index (χ3v) is 5.29. The Balaban J connectivity index is 1.23. The molecule has 2 heterocycles. The van der Waals surface area contributed by atoms with Gasteiger partial charge in [0, 0.05) is 36.9 Å². The smallest absolute Gasteiger partial charge is 0.317 e. The van der Waals surface area contributed by atoms with Crippen LogP contribution in [-0.2, 0) is 13.0 Å². The van der Waals surface area contributed by atoms with E-state index in [1.54, 1.807) is 23.3 Å². The predicted octanol–water partition coefficient (Wildman–Crippen LogP) is 3.45. The number of thiazole rings is 1. The van der Waals surface area contributed by atoms with Crippen LogP contribution in [0.25, 0.3) is 11.3 Å². The first kappa shape index (κ1) is 17.7. The van der Waals surface area contributed by atoms with Crippen molar-refractivity contribution in [1.82, 2.24) is 25.3 Å². The van der Waals surface area contributed by atoms with Crippen molar-refractivity contribution in [3.8, 4) is 11.3 Å². The van der Waals surface area contributed by atoms with Gasteiger partial charge in [0.2, 0.25) is 5.89 Å². The minimum atomic E-state index is -0.166. The lowest BCUT2D eigenvalue weighted by Gasteiger charge is -2.15. The van der Waals surface area contributed by atoms with Crippen LogP contribution in [0.4, 0.5) is 4.79 Å². The average Bonchev–Trinajstić information content (AvgIpc) is 3.25. The van der Waals surface area contributed by atoms with E-state index >= 15 is 0 Å². The molecule has 0 unspecified atom stereocenters. The zero-order valence-electron chi connectivity index (χ0n) is 15.1. The van der Waals surface area contributed by atoms with Crippen LogP contribution in [0.5, 0.6) is 0 Å². The number of hydrogen-bond acceptors (Lipinski definition) is 6. The van der Waals surface area contributed by atoms with E-state index < -0.39 is 0 Å². The number of nitrogens with one attached hydrogen (secondary N) is 1. The predicted molar refractivity (Wildman–Crippen MR) is 102 cm³/mol. The summed E-state index contributed by atoms with van der Waals surface area (Å²) in [6.07, 6.45) is 2.94. The quantitative estimate of drug-likeness (QED) is 0.675. The lowest BCUT2D eigenvalue weighted by atomic mass is 10.2. The molecule has 1 aliphatic rings. The van der Waals surface area contributed by atoms with Crippen molar-refractivity contribution in [2.45, 2.75) is 31.7 Å². The van der Waals surface area contributed by atoms with Crippen molar-refractivity contribution in [1.29, 1.82) is 0 Å². The Morgan fingerprint density at radius 2 is 2.11 bits per heavy atom. The summed E-state index contributed by atoms with van der Waals surface area (Å²) in [6, 6.07) is 9.91. The minimum absolute atomic E-state index is 0.166. The maximum Gasteiger partial charge on any atom is 0.317 e. The molecular formula is C19H21N5O2S. The molecule has 8 heteroatoms. The van der Waals surface area contributed by atoms with E-state index in [2.05, 4.69) is 20.4 Å². The standard InChI is InChI=1S/C19H21N5O2S/c1-24(11-16-22-18(23-26-16)14-7-8-14)19(25)20-10-9-17-21-15(12-27-17)13-5-3-2-4-6-13/h2-6,12,14H,7-11H2,1H3,(H,20,25). The molecule has 4 rings (SSSR count). The van der Waals surface area contributed by atoms with Crippen molar-refractivity contribution in [3.63, 3.8) is 0 Å². The number of hydrogen-bond donors (Lipinski definition) is 1. The van der Waals surface area contributed by atoms with E-state index in [0.717, 1.165) is 34.9 Å². The summed E-state index contributed by atoms with van der Waals surface area (Å²) < 4.78 is 5.21. The number of carbonyl (C=O) groups is 1. The lowest BCUT2D eigenvalue weighted by Crippen LogP contribution is -2.37. The molecule has 0 radical (unpaired) electrons. The number of urea groups is 1. The van der Waals surface area contributed by atoms with Crippen molar-refractivity contribution in [3.05, 3.63) is 52.4 Å². The highest BCUT2D eigenvalue weighted by Gasteiger charge is 2.29. The SMILES string of the molecule is CN(Cc1nc(C2CC2)no1)C(=O)NCCc1nc(-c2ccccc2)cs1. The van der Waals surface area contributed by atoms with Gasteiger partial charge in [0.05, 0.1) is 10.7 Å². The third-order valence-electron chi connectivity index (χ3n) is 4.38. The Morgan fingerprint density at radius 3 is 2.89 bits per heavy atom. The maximum atomic E-state index is 12.2. The van der Waals surface area contributed by atoms with Crippen LogP contribution in [0.3, 0.4) is 0 Å². The van der Waals surface area contributed by atoms with Crippen LogP contribution in [0.1, 0.15) is 35.5 Å². The van der Waals surface area contributed by atoms with Gasteiger partial charge >= 0.3 is 6.03 Å². The summed E-state index contributed by atoms with van der Waals surface area (Å²) in [5.74, 6) is 1.68. The molecule has 1 aromatic carbocycles. The molecule has 1 aliphatic carbocycles. The molecule has 2 aromatic heterocycles. The van der Waals surface area contributed by atoms with Gasteiger partial charge in [0.25, 0.3) is 0 Å². The molecule has 7 nitrogen and oxygen atoms in total. The first-order chi connectivity index (χ1) is 13.2. The van der Waals surface area contributed by atoms with E-state index in [-0.39, 0.29) is 6.03 Å². The van der Waals surface area contributed by atoms with Crippen molar-refractivity contribution in [2.24, 2.45) is 0 Å². The lowest BCUT2D eigenvalue weighted by molar-refractivity contribution is 0.199. The van der Waals surface area contributed by atoms with Crippen molar-refractivity contribution >= 4 is 17.4 Å². The second kappa shape index (κ2) is 7.87. The molecule has 0 bridgehead atoms. The Hall–Kier alpha value is -2.74. The summed E-state index contributed by atoms with van der Waals surface area (Å²) in [4.78, 5) is 22.8. The number of amides is 2. The fourth-order valence-corrected chi connectivity index (χ4v) is 3.50. The topological polar surface area (TPSA) is 84.2 Å². The Bertz CT molecular complexity index is 904. The highest BCUT2D eigenvalue weighted by molar-refractivity contribution is 7.09. The Labute approximate surface area is 161 Å². The van der Waals surface area contributed by atoms with Gasteiger partial charge in [-0.3, -0.25) is 0 Å². The largest absolute Gasteiger partial charge is 0.338 e. The third kappa shape index (κ3) is 4.51.